The summed E-state index contributed by atoms with van der Waals surface area (Å²) >= 11 is 0. The Morgan fingerprint density at radius 3 is 2.25 bits per heavy atom. The van der Waals surface area contributed by atoms with E-state index in [2.05, 4.69) is 5.32 Å². The van der Waals surface area contributed by atoms with E-state index in [9.17, 15) is 14.4 Å². The molecule has 0 aromatic rings. The van der Waals surface area contributed by atoms with E-state index < -0.39 is 5.97 Å². The molecule has 2 N–H and O–H groups in total. The van der Waals surface area contributed by atoms with Crippen molar-refractivity contribution in [2.75, 3.05) is 19.6 Å². The molecule has 7 nitrogen and oxygen atoms in total. The number of aliphatic carboxylic acids is 1. The Kier molecular flexibility index (Phi) is 6.45. The first-order chi connectivity index (χ1) is 11.5. The first-order valence-corrected chi connectivity index (χ1v) is 9.06. The van der Waals surface area contributed by atoms with Crippen molar-refractivity contribution in [1.29, 1.82) is 0 Å². The predicted molar refractivity (Wildman–Crippen MR) is 89.6 cm³/mol. The average molecular weight is 339 g/mol. The van der Waals surface area contributed by atoms with Crippen molar-refractivity contribution in [1.82, 2.24) is 15.1 Å². The molecular weight excluding hydrogens is 310 g/mol. The molecule has 3 amide bonds. The number of carbonyl (C=O) groups excluding carboxylic acids is 2. The molecule has 24 heavy (non-hydrogen) atoms. The fraction of sp³-hybridized carbons (Fsp3) is 0.824. The van der Waals surface area contributed by atoms with Gasteiger partial charge in [0.1, 0.15) is 6.04 Å². The van der Waals surface area contributed by atoms with Crippen molar-refractivity contribution in [3.05, 3.63) is 0 Å². The van der Waals surface area contributed by atoms with E-state index in [4.69, 9.17) is 5.11 Å². The Balaban J connectivity index is 1.89. The predicted octanol–water partition coefficient (Wildman–Crippen LogP) is 1.67. The second-order valence-corrected chi connectivity index (χ2v) is 6.70. The minimum atomic E-state index is -0.746. The first-order valence-electron chi connectivity index (χ1n) is 9.06. The van der Waals surface area contributed by atoms with Gasteiger partial charge in [-0.05, 0) is 52.4 Å². The van der Waals surface area contributed by atoms with Gasteiger partial charge in [0.2, 0.25) is 5.91 Å². The molecular formula is C17H29N3O4. The normalized spacial score (nSPS) is 26.9. The molecule has 1 aliphatic heterocycles. The van der Waals surface area contributed by atoms with Crippen molar-refractivity contribution in [2.24, 2.45) is 5.92 Å². The molecule has 1 heterocycles. The molecule has 2 aliphatic rings. The summed E-state index contributed by atoms with van der Waals surface area (Å²) in [4.78, 5) is 39.6. The van der Waals surface area contributed by atoms with Gasteiger partial charge < -0.3 is 20.2 Å². The van der Waals surface area contributed by atoms with Crippen LogP contribution in [0.1, 0.15) is 52.4 Å². The third kappa shape index (κ3) is 4.19. The van der Waals surface area contributed by atoms with Gasteiger partial charge in [0, 0.05) is 25.7 Å². The van der Waals surface area contributed by atoms with Crippen molar-refractivity contribution in [3.63, 3.8) is 0 Å². The van der Waals surface area contributed by atoms with E-state index >= 15 is 0 Å². The number of carbonyl (C=O) groups is 3. The average Bonchev–Trinajstić information content (AvgIpc) is 3.06. The van der Waals surface area contributed by atoms with E-state index in [0.29, 0.717) is 51.7 Å². The van der Waals surface area contributed by atoms with Crippen LogP contribution in [0.4, 0.5) is 4.79 Å². The van der Waals surface area contributed by atoms with Gasteiger partial charge in [-0.1, -0.05) is 0 Å². The van der Waals surface area contributed by atoms with Crippen LogP contribution in [0.25, 0.3) is 0 Å². The molecule has 2 fully saturated rings. The number of nitrogens with one attached hydrogen (secondary N) is 1. The summed E-state index contributed by atoms with van der Waals surface area (Å²) in [6.07, 6.45) is 4.13. The van der Waals surface area contributed by atoms with Gasteiger partial charge in [0.25, 0.3) is 0 Å². The quantitative estimate of drug-likeness (QED) is 0.797. The van der Waals surface area contributed by atoms with Crippen molar-refractivity contribution in [3.8, 4) is 0 Å². The van der Waals surface area contributed by atoms with Crippen LogP contribution in [0.2, 0.25) is 0 Å². The highest BCUT2D eigenvalue weighted by Gasteiger charge is 2.37. The lowest BCUT2D eigenvalue weighted by Crippen LogP contribution is -2.53. The summed E-state index contributed by atoms with van der Waals surface area (Å²) in [5.41, 5.74) is 0. The number of carboxylic acid groups (broad SMARTS) is 1. The second kappa shape index (κ2) is 8.35. The monoisotopic (exact) mass is 339 g/mol. The van der Waals surface area contributed by atoms with Crippen molar-refractivity contribution >= 4 is 17.9 Å². The third-order valence-electron chi connectivity index (χ3n) is 5.28. The van der Waals surface area contributed by atoms with Crippen LogP contribution < -0.4 is 5.32 Å². The van der Waals surface area contributed by atoms with Gasteiger partial charge in [0.15, 0.2) is 0 Å². The lowest BCUT2D eigenvalue weighted by molar-refractivity contribution is -0.143. The number of carboxylic acids is 1. The fourth-order valence-electron chi connectivity index (χ4n) is 3.75. The summed E-state index contributed by atoms with van der Waals surface area (Å²) in [7, 11) is 0. The van der Waals surface area contributed by atoms with E-state index in [0.717, 1.165) is 6.42 Å². The highest BCUT2D eigenvalue weighted by atomic mass is 16.4. The third-order valence-corrected chi connectivity index (χ3v) is 5.28. The Bertz CT molecular complexity index is 470. The second-order valence-electron chi connectivity index (χ2n) is 6.70. The number of nitrogens with zero attached hydrogens (tertiary/aromatic N) is 2. The van der Waals surface area contributed by atoms with Crippen LogP contribution in [0, 0.1) is 5.92 Å². The molecule has 0 radical (unpaired) electrons. The molecule has 0 aromatic heterocycles. The fourth-order valence-corrected chi connectivity index (χ4v) is 3.75. The maximum absolute atomic E-state index is 12.6. The maximum atomic E-state index is 12.6. The van der Waals surface area contributed by atoms with Gasteiger partial charge in [-0.25, -0.2) is 4.79 Å². The van der Waals surface area contributed by atoms with Crippen molar-refractivity contribution < 1.29 is 19.5 Å². The largest absolute Gasteiger partial charge is 0.481 e. The topological polar surface area (TPSA) is 90.0 Å². The summed E-state index contributed by atoms with van der Waals surface area (Å²) < 4.78 is 0. The smallest absolute Gasteiger partial charge is 0.318 e. The highest BCUT2D eigenvalue weighted by Crippen LogP contribution is 2.25. The molecule has 2 rings (SSSR count). The van der Waals surface area contributed by atoms with E-state index in [1.165, 1.54) is 0 Å². The number of hydrogen-bond acceptors (Lipinski definition) is 3. The number of likely N-dealkylation sites (N-methyl/N-ethyl adjacent to an activating group) is 1. The number of rotatable bonds is 5. The number of amides is 3. The Hall–Kier alpha value is -1.79. The highest BCUT2D eigenvalue weighted by molar-refractivity contribution is 5.87. The van der Waals surface area contributed by atoms with E-state index in [1.807, 2.05) is 13.8 Å². The first kappa shape index (κ1) is 18.5. The molecule has 0 spiro atoms. The minimum Gasteiger partial charge on any atom is -0.481 e. The molecule has 0 aromatic carbocycles. The van der Waals surface area contributed by atoms with Crippen LogP contribution >= 0.6 is 0 Å². The SMILES string of the molecule is CCN(CC)C(=O)C1CCCN1C(=O)NC1CCC(C(=O)O)CC1. The van der Waals surface area contributed by atoms with Gasteiger partial charge >= 0.3 is 12.0 Å². The van der Waals surface area contributed by atoms with Crippen LogP contribution in [0.15, 0.2) is 0 Å². The summed E-state index contributed by atoms with van der Waals surface area (Å²) in [5.74, 6) is -1.01. The molecule has 1 atom stereocenters. The molecule has 7 heteroatoms. The van der Waals surface area contributed by atoms with Gasteiger partial charge in [-0.2, -0.15) is 0 Å². The lowest BCUT2D eigenvalue weighted by atomic mass is 9.86. The lowest BCUT2D eigenvalue weighted by Gasteiger charge is -2.32. The molecule has 1 saturated heterocycles. The van der Waals surface area contributed by atoms with Gasteiger partial charge in [-0.3, -0.25) is 9.59 Å². The molecule has 1 saturated carbocycles. The molecule has 1 aliphatic carbocycles. The van der Waals surface area contributed by atoms with Gasteiger partial charge in [-0.15, -0.1) is 0 Å². The Labute approximate surface area is 143 Å². The Morgan fingerprint density at radius 2 is 1.71 bits per heavy atom. The minimum absolute atomic E-state index is 0.0119. The van der Waals surface area contributed by atoms with Crippen LogP contribution in [-0.4, -0.2) is 64.5 Å². The summed E-state index contributed by atoms with van der Waals surface area (Å²) in [6.45, 7) is 5.80. The zero-order valence-corrected chi connectivity index (χ0v) is 14.7. The van der Waals surface area contributed by atoms with E-state index in [1.54, 1.807) is 9.80 Å². The molecule has 0 bridgehead atoms. The zero-order chi connectivity index (χ0) is 17.7. The number of urea groups is 1. The van der Waals surface area contributed by atoms with Gasteiger partial charge in [0.05, 0.1) is 5.92 Å². The summed E-state index contributed by atoms with van der Waals surface area (Å²) in [5, 5.41) is 12.0. The van der Waals surface area contributed by atoms with Crippen molar-refractivity contribution in [2.45, 2.75) is 64.5 Å². The molecule has 1 unspecified atom stereocenters. The number of hydrogen-bond donors (Lipinski definition) is 2. The van der Waals surface area contributed by atoms with Crippen LogP contribution in [-0.2, 0) is 9.59 Å². The van der Waals surface area contributed by atoms with E-state index in [-0.39, 0.29) is 29.9 Å². The standard InChI is InChI=1S/C17H29N3O4/c1-3-19(4-2)15(21)14-6-5-11-20(14)17(24)18-13-9-7-12(8-10-13)16(22)23/h12-14H,3-11H2,1-2H3,(H,18,24)(H,22,23). The Morgan fingerprint density at radius 1 is 1.08 bits per heavy atom. The molecule has 136 valence electrons. The number of likely N-dealkylation sites (tertiary alicyclic amines) is 1. The zero-order valence-electron chi connectivity index (χ0n) is 14.7. The van der Waals surface area contributed by atoms with Crippen LogP contribution in [0.5, 0.6) is 0 Å². The maximum Gasteiger partial charge on any atom is 0.318 e. The summed E-state index contributed by atoms with van der Waals surface area (Å²) in [6, 6.07) is -0.532. The van der Waals surface area contributed by atoms with Crippen LogP contribution in [0.3, 0.4) is 0 Å².